The second kappa shape index (κ2) is 13.1. The summed E-state index contributed by atoms with van der Waals surface area (Å²) in [6.45, 7) is 5.29. The quantitative estimate of drug-likeness (QED) is 0.266. The number of carbonyl (C=O) groups excluding carboxylic acids is 1. The molecule has 1 aromatic heterocycles. The van der Waals surface area contributed by atoms with E-state index in [1.165, 1.54) is 0 Å². The van der Waals surface area contributed by atoms with Crippen molar-refractivity contribution in [3.05, 3.63) is 59.8 Å². The molecule has 1 heterocycles. The minimum Gasteiger partial charge on any atom is -0.370 e. The maximum absolute atomic E-state index is 11.7. The third-order valence-electron chi connectivity index (χ3n) is 4.29. The van der Waals surface area contributed by atoms with Gasteiger partial charge in [0.1, 0.15) is 5.82 Å². The summed E-state index contributed by atoms with van der Waals surface area (Å²) in [5.74, 6) is 1.67. The topological polar surface area (TPSA) is 90.4 Å². The molecule has 0 spiro atoms. The molecule has 0 atom stereocenters. The molecular weight excluding hydrogens is 364 g/mol. The molecule has 7 nitrogen and oxygen atoms in total. The minimum atomic E-state index is -0.0627. The van der Waals surface area contributed by atoms with E-state index in [1.54, 1.807) is 13.2 Å². The van der Waals surface area contributed by atoms with E-state index >= 15 is 0 Å². The number of aromatic nitrogens is 1. The highest BCUT2D eigenvalue weighted by Crippen LogP contribution is 2.06. The first kappa shape index (κ1) is 22.2. The van der Waals surface area contributed by atoms with Gasteiger partial charge in [-0.2, -0.15) is 0 Å². The molecule has 4 N–H and O–H groups in total. The van der Waals surface area contributed by atoms with E-state index in [4.69, 9.17) is 0 Å². The second-order valence-electron chi connectivity index (χ2n) is 6.57. The molecule has 29 heavy (non-hydrogen) atoms. The Labute approximate surface area is 173 Å². The van der Waals surface area contributed by atoms with E-state index in [0.29, 0.717) is 5.56 Å². The molecule has 1 amide bonds. The standard InChI is InChI=1S/C22H32N6O/c1-3-24-22(27-15-7-6-14-26-20-11-4-5-13-25-20)28-16-12-18-9-8-10-19(17-18)21(29)23-2/h4-5,8-11,13,17H,3,6-7,12,14-16H2,1-2H3,(H,23,29)(H,25,26)(H2,24,27,28). The Bertz CT molecular complexity index is 763. The summed E-state index contributed by atoms with van der Waals surface area (Å²) in [4.78, 5) is 20.6. The third kappa shape index (κ3) is 8.64. The fourth-order valence-electron chi connectivity index (χ4n) is 2.79. The van der Waals surface area contributed by atoms with Gasteiger partial charge in [0.05, 0.1) is 0 Å². The zero-order valence-corrected chi connectivity index (χ0v) is 17.4. The van der Waals surface area contributed by atoms with E-state index in [1.807, 2.05) is 42.5 Å². The van der Waals surface area contributed by atoms with Crippen LogP contribution in [0.4, 0.5) is 5.82 Å². The van der Waals surface area contributed by atoms with Crippen LogP contribution in [0.5, 0.6) is 0 Å². The summed E-state index contributed by atoms with van der Waals surface area (Å²) in [5, 5.41) is 12.6. The average molecular weight is 397 g/mol. The van der Waals surface area contributed by atoms with Crippen LogP contribution in [-0.2, 0) is 6.42 Å². The van der Waals surface area contributed by atoms with Gasteiger partial charge in [0.2, 0.25) is 0 Å². The molecule has 2 rings (SSSR count). The molecule has 0 aliphatic carbocycles. The summed E-state index contributed by atoms with van der Waals surface area (Å²) in [5.41, 5.74) is 1.81. The lowest BCUT2D eigenvalue weighted by Gasteiger charge is -2.12. The molecule has 0 bridgehead atoms. The molecule has 0 saturated carbocycles. The summed E-state index contributed by atoms with van der Waals surface area (Å²) in [6, 6.07) is 13.6. The van der Waals surface area contributed by atoms with Crippen molar-refractivity contribution in [3.63, 3.8) is 0 Å². The van der Waals surface area contributed by atoms with Gasteiger partial charge in [0.15, 0.2) is 5.96 Å². The van der Waals surface area contributed by atoms with E-state index in [9.17, 15) is 4.79 Å². The number of hydrogen-bond donors (Lipinski definition) is 4. The first-order chi connectivity index (χ1) is 14.2. The van der Waals surface area contributed by atoms with Gasteiger partial charge in [0.25, 0.3) is 5.91 Å². The number of amides is 1. The highest BCUT2D eigenvalue weighted by Gasteiger charge is 2.04. The van der Waals surface area contributed by atoms with Crippen molar-refractivity contribution >= 4 is 17.7 Å². The highest BCUT2D eigenvalue weighted by molar-refractivity contribution is 5.94. The Kier molecular flexibility index (Phi) is 10.1. The molecule has 0 aliphatic rings. The lowest BCUT2D eigenvalue weighted by molar-refractivity contribution is 0.0963. The van der Waals surface area contributed by atoms with Crippen LogP contribution in [-0.4, -0.2) is 50.1 Å². The number of benzene rings is 1. The van der Waals surface area contributed by atoms with Crippen molar-refractivity contribution in [3.8, 4) is 0 Å². The van der Waals surface area contributed by atoms with Gasteiger partial charge in [-0.1, -0.05) is 18.2 Å². The molecular formula is C22H32N6O. The molecule has 1 aromatic carbocycles. The lowest BCUT2D eigenvalue weighted by atomic mass is 10.1. The zero-order valence-electron chi connectivity index (χ0n) is 17.4. The SMILES string of the molecule is CCNC(=NCCCCNc1ccccn1)NCCc1cccc(C(=O)NC)c1. The molecule has 0 saturated heterocycles. The maximum atomic E-state index is 11.7. The summed E-state index contributed by atoms with van der Waals surface area (Å²) >= 11 is 0. The summed E-state index contributed by atoms with van der Waals surface area (Å²) in [6.07, 6.45) is 4.65. The van der Waals surface area contributed by atoms with Gasteiger partial charge < -0.3 is 21.3 Å². The van der Waals surface area contributed by atoms with Crippen LogP contribution in [0, 0.1) is 0 Å². The number of nitrogens with one attached hydrogen (secondary N) is 4. The minimum absolute atomic E-state index is 0.0627. The average Bonchev–Trinajstić information content (AvgIpc) is 2.76. The van der Waals surface area contributed by atoms with Crippen molar-refractivity contribution in [1.82, 2.24) is 20.9 Å². The van der Waals surface area contributed by atoms with Crippen LogP contribution in [0.1, 0.15) is 35.7 Å². The van der Waals surface area contributed by atoms with Crippen molar-refractivity contribution in [1.29, 1.82) is 0 Å². The molecule has 0 aliphatic heterocycles. The monoisotopic (exact) mass is 396 g/mol. The lowest BCUT2D eigenvalue weighted by Crippen LogP contribution is -2.38. The first-order valence-corrected chi connectivity index (χ1v) is 10.2. The number of nitrogens with zero attached hydrogens (tertiary/aromatic N) is 2. The summed E-state index contributed by atoms with van der Waals surface area (Å²) in [7, 11) is 1.64. The predicted octanol–water partition coefficient (Wildman–Crippen LogP) is 2.43. The number of rotatable bonds is 11. The van der Waals surface area contributed by atoms with Crippen molar-refractivity contribution in [2.24, 2.45) is 4.99 Å². The van der Waals surface area contributed by atoms with Gasteiger partial charge in [-0.3, -0.25) is 9.79 Å². The molecule has 156 valence electrons. The van der Waals surface area contributed by atoms with Crippen LogP contribution in [0.3, 0.4) is 0 Å². The van der Waals surface area contributed by atoms with E-state index in [0.717, 1.165) is 62.8 Å². The van der Waals surface area contributed by atoms with Crippen molar-refractivity contribution in [2.45, 2.75) is 26.2 Å². The smallest absolute Gasteiger partial charge is 0.251 e. The number of pyridine rings is 1. The summed E-state index contributed by atoms with van der Waals surface area (Å²) < 4.78 is 0. The van der Waals surface area contributed by atoms with Crippen molar-refractivity contribution in [2.75, 3.05) is 38.5 Å². The van der Waals surface area contributed by atoms with Crippen LogP contribution >= 0.6 is 0 Å². The Hall–Kier alpha value is -3.09. The van der Waals surface area contributed by atoms with E-state index in [2.05, 4.69) is 38.2 Å². The number of aliphatic imine (C=N–C) groups is 1. The number of hydrogen-bond acceptors (Lipinski definition) is 4. The van der Waals surface area contributed by atoms with E-state index in [-0.39, 0.29) is 5.91 Å². The maximum Gasteiger partial charge on any atom is 0.251 e. The van der Waals surface area contributed by atoms with Gasteiger partial charge in [-0.05, 0) is 56.0 Å². The molecule has 0 fully saturated rings. The second-order valence-corrected chi connectivity index (χ2v) is 6.57. The van der Waals surface area contributed by atoms with Crippen LogP contribution in [0.25, 0.3) is 0 Å². The van der Waals surface area contributed by atoms with Crippen LogP contribution in [0.2, 0.25) is 0 Å². The fraction of sp³-hybridized carbons (Fsp3) is 0.409. The zero-order chi connectivity index (χ0) is 20.7. The van der Waals surface area contributed by atoms with Crippen molar-refractivity contribution < 1.29 is 4.79 Å². The predicted molar refractivity (Wildman–Crippen MR) is 119 cm³/mol. The molecule has 7 heteroatoms. The Morgan fingerprint density at radius 3 is 2.72 bits per heavy atom. The normalized spacial score (nSPS) is 11.0. The Morgan fingerprint density at radius 1 is 1.07 bits per heavy atom. The van der Waals surface area contributed by atoms with Gasteiger partial charge in [0, 0.05) is 45.0 Å². The van der Waals surface area contributed by atoms with E-state index < -0.39 is 0 Å². The molecule has 2 aromatic rings. The third-order valence-corrected chi connectivity index (χ3v) is 4.29. The van der Waals surface area contributed by atoms with Gasteiger partial charge >= 0.3 is 0 Å². The van der Waals surface area contributed by atoms with Crippen LogP contribution < -0.4 is 21.3 Å². The molecule has 0 unspecified atom stereocenters. The molecule has 0 radical (unpaired) electrons. The Balaban J connectivity index is 1.69. The highest BCUT2D eigenvalue weighted by atomic mass is 16.1. The Morgan fingerprint density at radius 2 is 1.97 bits per heavy atom. The number of carbonyl (C=O) groups is 1. The van der Waals surface area contributed by atoms with Crippen LogP contribution in [0.15, 0.2) is 53.7 Å². The largest absolute Gasteiger partial charge is 0.370 e. The number of unbranched alkanes of at least 4 members (excludes halogenated alkanes) is 1. The van der Waals surface area contributed by atoms with Gasteiger partial charge in [-0.15, -0.1) is 0 Å². The first-order valence-electron chi connectivity index (χ1n) is 10.2. The number of anilines is 1. The van der Waals surface area contributed by atoms with Gasteiger partial charge in [-0.25, -0.2) is 4.98 Å². The fourth-order valence-corrected chi connectivity index (χ4v) is 2.79. The number of guanidine groups is 1.